The summed E-state index contributed by atoms with van der Waals surface area (Å²) in [5.41, 5.74) is -0.823. The lowest BCUT2D eigenvalue weighted by Crippen LogP contribution is -2.55. The lowest BCUT2D eigenvalue weighted by Gasteiger charge is -2.34. The molecule has 0 aromatic rings. The second kappa shape index (κ2) is 5.83. The van der Waals surface area contributed by atoms with Crippen molar-refractivity contribution < 1.29 is 9.90 Å². The summed E-state index contributed by atoms with van der Waals surface area (Å²) in [7, 11) is 0. The molecule has 17 heavy (non-hydrogen) atoms. The molecule has 2 unspecified atom stereocenters. The summed E-state index contributed by atoms with van der Waals surface area (Å²) in [5.74, 6) is -0.753. The average molecular weight is 242 g/mol. The van der Waals surface area contributed by atoms with Gasteiger partial charge in [-0.3, -0.25) is 10.1 Å². The van der Waals surface area contributed by atoms with Gasteiger partial charge in [0, 0.05) is 12.1 Å². The van der Waals surface area contributed by atoms with Gasteiger partial charge in [-0.2, -0.15) is 0 Å². The molecule has 0 spiro atoms. The van der Waals surface area contributed by atoms with Crippen molar-refractivity contribution in [3.8, 4) is 0 Å². The first-order valence-corrected chi connectivity index (χ1v) is 6.60. The molecule has 0 aliphatic carbocycles. The summed E-state index contributed by atoms with van der Waals surface area (Å²) in [6, 6.07) is 0.506. The third-order valence-corrected chi connectivity index (χ3v) is 3.55. The highest BCUT2D eigenvalue weighted by Crippen LogP contribution is 2.21. The van der Waals surface area contributed by atoms with Gasteiger partial charge in [-0.1, -0.05) is 0 Å². The lowest BCUT2D eigenvalue weighted by atomic mass is 9.92. The van der Waals surface area contributed by atoms with Crippen LogP contribution in [-0.2, 0) is 4.79 Å². The molecule has 0 bridgehead atoms. The first kappa shape index (κ1) is 14.5. The third kappa shape index (κ3) is 3.96. The Balaban J connectivity index is 2.61. The van der Waals surface area contributed by atoms with Crippen LogP contribution in [0, 0.1) is 0 Å². The van der Waals surface area contributed by atoms with Gasteiger partial charge in [-0.05, 0) is 60.0 Å². The van der Waals surface area contributed by atoms with Crippen LogP contribution in [0.5, 0.6) is 0 Å². The van der Waals surface area contributed by atoms with Crippen molar-refractivity contribution in [1.82, 2.24) is 10.2 Å². The SMILES string of the molecule is CC(C)NC(C)(CC(C)N1CCCC1)C(=O)O. The predicted octanol–water partition coefficient (Wildman–Crippen LogP) is 1.70. The number of nitrogens with zero attached hydrogens (tertiary/aromatic N) is 1. The van der Waals surface area contributed by atoms with E-state index < -0.39 is 11.5 Å². The van der Waals surface area contributed by atoms with E-state index in [9.17, 15) is 9.90 Å². The molecule has 4 nitrogen and oxygen atoms in total. The fourth-order valence-corrected chi connectivity index (χ4v) is 2.75. The van der Waals surface area contributed by atoms with E-state index >= 15 is 0 Å². The van der Waals surface area contributed by atoms with E-state index in [4.69, 9.17) is 0 Å². The maximum absolute atomic E-state index is 11.4. The molecular weight excluding hydrogens is 216 g/mol. The fourth-order valence-electron chi connectivity index (χ4n) is 2.75. The van der Waals surface area contributed by atoms with Crippen LogP contribution in [0.3, 0.4) is 0 Å². The minimum absolute atomic E-state index is 0.182. The molecule has 2 N–H and O–H groups in total. The molecule has 1 saturated heterocycles. The minimum Gasteiger partial charge on any atom is -0.480 e. The quantitative estimate of drug-likeness (QED) is 0.744. The zero-order chi connectivity index (χ0) is 13.1. The van der Waals surface area contributed by atoms with Crippen LogP contribution in [0.15, 0.2) is 0 Å². The first-order valence-electron chi connectivity index (χ1n) is 6.60. The van der Waals surface area contributed by atoms with Gasteiger partial charge in [0.1, 0.15) is 5.54 Å². The molecular formula is C13H26N2O2. The smallest absolute Gasteiger partial charge is 0.323 e. The average Bonchev–Trinajstić information content (AvgIpc) is 2.68. The number of carboxylic acids is 1. The van der Waals surface area contributed by atoms with Gasteiger partial charge in [0.05, 0.1) is 0 Å². The standard InChI is InChI=1S/C13H26N2O2/c1-10(2)14-13(4,12(16)17)9-11(3)15-7-5-6-8-15/h10-11,14H,5-9H2,1-4H3,(H,16,17). The molecule has 0 aromatic heterocycles. The number of aliphatic carboxylic acids is 1. The van der Waals surface area contributed by atoms with Crippen LogP contribution < -0.4 is 5.32 Å². The highest BCUT2D eigenvalue weighted by Gasteiger charge is 2.36. The maximum atomic E-state index is 11.4. The summed E-state index contributed by atoms with van der Waals surface area (Å²) in [4.78, 5) is 13.8. The Morgan fingerprint density at radius 3 is 2.29 bits per heavy atom. The van der Waals surface area contributed by atoms with Crippen molar-refractivity contribution in [3.05, 3.63) is 0 Å². The molecule has 1 aliphatic rings. The Hall–Kier alpha value is -0.610. The van der Waals surface area contributed by atoms with Gasteiger partial charge in [0.25, 0.3) is 0 Å². The van der Waals surface area contributed by atoms with Crippen LogP contribution >= 0.6 is 0 Å². The summed E-state index contributed by atoms with van der Waals surface area (Å²) < 4.78 is 0. The zero-order valence-corrected chi connectivity index (χ0v) is 11.5. The van der Waals surface area contributed by atoms with Gasteiger partial charge in [0.2, 0.25) is 0 Å². The molecule has 100 valence electrons. The first-order chi connectivity index (χ1) is 7.85. The van der Waals surface area contributed by atoms with Crippen LogP contribution in [0.4, 0.5) is 0 Å². The summed E-state index contributed by atoms with van der Waals surface area (Å²) in [6.07, 6.45) is 3.14. The van der Waals surface area contributed by atoms with Crippen molar-refractivity contribution in [3.63, 3.8) is 0 Å². The van der Waals surface area contributed by atoms with E-state index in [1.54, 1.807) is 6.92 Å². The Morgan fingerprint density at radius 2 is 1.88 bits per heavy atom. The van der Waals surface area contributed by atoms with Crippen molar-refractivity contribution >= 4 is 5.97 Å². The Bertz CT molecular complexity index is 262. The number of rotatable bonds is 6. The van der Waals surface area contributed by atoms with E-state index in [0.29, 0.717) is 12.5 Å². The molecule has 2 atom stereocenters. The second-order valence-corrected chi connectivity index (χ2v) is 5.73. The maximum Gasteiger partial charge on any atom is 0.323 e. The molecule has 0 saturated carbocycles. The van der Waals surface area contributed by atoms with Crippen LogP contribution in [0.25, 0.3) is 0 Å². The van der Waals surface area contributed by atoms with Gasteiger partial charge >= 0.3 is 5.97 Å². The van der Waals surface area contributed by atoms with E-state index in [-0.39, 0.29) is 6.04 Å². The second-order valence-electron chi connectivity index (χ2n) is 5.73. The lowest BCUT2D eigenvalue weighted by molar-refractivity contribution is -0.145. The summed E-state index contributed by atoms with van der Waals surface area (Å²) in [6.45, 7) is 10.1. The summed E-state index contributed by atoms with van der Waals surface area (Å²) >= 11 is 0. The van der Waals surface area contributed by atoms with Crippen LogP contribution in [0.2, 0.25) is 0 Å². The molecule has 0 aromatic carbocycles. The molecule has 1 fully saturated rings. The van der Waals surface area contributed by atoms with E-state index in [0.717, 1.165) is 13.1 Å². The third-order valence-electron chi connectivity index (χ3n) is 3.55. The number of nitrogens with one attached hydrogen (secondary N) is 1. The molecule has 4 heteroatoms. The van der Waals surface area contributed by atoms with Gasteiger partial charge in [0.15, 0.2) is 0 Å². The number of carbonyl (C=O) groups is 1. The largest absolute Gasteiger partial charge is 0.480 e. The Labute approximate surface area is 104 Å². The minimum atomic E-state index is -0.823. The molecule has 0 amide bonds. The Morgan fingerprint density at radius 1 is 1.35 bits per heavy atom. The van der Waals surface area contributed by atoms with Gasteiger partial charge < -0.3 is 10.0 Å². The summed E-state index contributed by atoms with van der Waals surface area (Å²) in [5, 5.41) is 12.6. The zero-order valence-electron chi connectivity index (χ0n) is 11.5. The molecule has 1 rings (SSSR count). The Kier molecular flexibility index (Phi) is 4.95. The highest BCUT2D eigenvalue weighted by atomic mass is 16.4. The number of hydrogen-bond donors (Lipinski definition) is 2. The van der Waals surface area contributed by atoms with Gasteiger partial charge in [-0.25, -0.2) is 0 Å². The van der Waals surface area contributed by atoms with E-state index in [1.165, 1.54) is 12.8 Å². The van der Waals surface area contributed by atoms with Crippen molar-refractivity contribution in [2.75, 3.05) is 13.1 Å². The number of carboxylic acid groups (broad SMARTS) is 1. The van der Waals surface area contributed by atoms with E-state index in [2.05, 4.69) is 17.1 Å². The predicted molar refractivity (Wildman–Crippen MR) is 69.2 cm³/mol. The normalized spacial score (nSPS) is 22.6. The van der Waals surface area contributed by atoms with Crippen molar-refractivity contribution in [2.45, 2.75) is 64.6 Å². The number of likely N-dealkylation sites (tertiary alicyclic amines) is 1. The van der Waals surface area contributed by atoms with Crippen LogP contribution in [0.1, 0.15) is 47.0 Å². The highest BCUT2D eigenvalue weighted by molar-refractivity contribution is 5.78. The topological polar surface area (TPSA) is 52.6 Å². The number of hydrogen-bond acceptors (Lipinski definition) is 3. The molecule has 0 radical (unpaired) electrons. The molecule has 1 heterocycles. The monoisotopic (exact) mass is 242 g/mol. The fraction of sp³-hybridized carbons (Fsp3) is 0.923. The van der Waals surface area contributed by atoms with Crippen molar-refractivity contribution in [1.29, 1.82) is 0 Å². The van der Waals surface area contributed by atoms with Crippen molar-refractivity contribution in [2.24, 2.45) is 0 Å². The van der Waals surface area contributed by atoms with E-state index in [1.807, 2.05) is 13.8 Å². The van der Waals surface area contributed by atoms with Crippen LogP contribution in [-0.4, -0.2) is 46.7 Å². The van der Waals surface area contributed by atoms with Gasteiger partial charge in [-0.15, -0.1) is 0 Å². The molecule has 1 aliphatic heterocycles.